The maximum absolute atomic E-state index is 11.9. The number of aliphatic hydroxyl groups is 1. The predicted octanol–water partition coefficient (Wildman–Crippen LogP) is 2.62. The normalized spacial score (nSPS) is 16.3. The molecule has 3 rings (SSSR count). The van der Waals surface area contributed by atoms with Gasteiger partial charge in [-0.15, -0.1) is 0 Å². The van der Waals surface area contributed by atoms with Crippen molar-refractivity contribution < 1.29 is 24.3 Å². The zero-order chi connectivity index (χ0) is 17.3. The third-order valence-electron chi connectivity index (χ3n) is 3.80. The number of non-ortho nitro benzene ring substituents is 1. The van der Waals surface area contributed by atoms with Crippen LogP contribution in [-0.4, -0.2) is 28.7 Å². The Morgan fingerprint density at radius 3 is 2.79 bits per heavy atom. The van der Waals surface area contributed by atoms with Gasteiger partial charge in [-0.05, 0) is 18.6 Å². The molecule has 0 radical (unpaired) electrons. The van der Waals surface area contributed by atoms with E-state index < -0.39 is 23.1 Å². The third kappa shape index (κ3) is 2.69. The Morgan fingerprint density at radius 1 is 1.33 bits per heavy atom. The van der Waals surface area contributed by atoms with Crippen LogP contribution in [0.5, 0.6) is 5.75 Å². The summed E-state index contributed by atoms with van der Waals surface area (Å²) in [5.41, 5.74) is 1.74. The second-order valence-electron chi connectivity index (χ2n) is 5.26. The number of hydrogen-bond donors (Lipinski definition) is 1. The van der Waals surface area contributed by atoms with Crippen LogP contribution in [0.4, 0.5) is 5.69 Å². The summed E-state index contributed by atoms with van der Waals surface area (Å²) in [6.45, 7) is 1.79. The van der Waals surface area contributed by atoms with E-state index in [-0.39, 0.29) is 12.3 Å². The van der Waals surface area contributed by atoms with Gasteiger partial charge in [0.1, 0.15) is 5.75 Å². The topological polar surface area (TPSA) is 98.9 Å². The van der Waals surface area contributed by atoms with E-state index in [0.29, 0.717) is 22.4 Å². The maximum atomic E-state index is 11.9. The molecule has 2 aromatic carbocycles. The molecule has 0 fully saturated rings. The highest BCUT2D eigenvalue weighted by atomic mass is 16.6. The lowest BCUT2D eigenvalue weighted by Gasteiger charge is -2.30. The van der Waals surface area contributed by atoms with Gasteiger partial charge in [-0.1, -0.05) is 24.3 Å². The summed E-state index contributed by atoms with van der Waals surface area (Å²) in [6, 6.07) is 11.2. The number of fused-ring (bicyclic) bond motifs is 3. The summed E-state index contributed by atoms with van der Waals surface area (Å²) in [5, 5.41) is 21.3. The summed E-state index contributed by atoms with van der Waals surface area (Å²) in [4.78, 5) is 22.4. The summed E-state index contributed by atoms with van der Waals surface area (Å²) in [7, 11) is 0. The molecule has 2 aromatic rings. The van der Waals surface area contributed by atoms with E-state index in [2.05, 4.69) is 0 Å². The number of rotatable bonds is 4. The van der Waals surface area contributed by atoms with Crippen LogP contribution >= 0.6 is 0 Å². The van der Waals surface area contributed by atoms with E-state index in [1.54, 1.807) is 31.2 Å². The fourth-order valence-electron chi connectivity index (χ4n) is 2.72. The van der Waals surface area contributed by atoms with Gasteiger partial charge in [-0.2, -0.15) is 0 Å². The number of nitro groups is 1. The van der Waals surface area contributed by atoms with Gasteiger partial charge in [0, 0.05) is 23.3 Å². The van der Waals surface area contributed by atoms with Crippen molar-refractivity contribution >= 4 is 11.7 Å². The Kier molecular flexibility index (Phi) is 4.18. The minimum absolute atomic E-state index is 0.0588. The Hall–Kier alpha value is -2.93. The van der Waals surface area contributed by atoms with E-state index in [1.807, 2.05) is 0 Å². The Balaban J connectivity index is 2.07. The summed E-state index contributed by atoms with van der Waals surface area (Å²) < 4.78 is 10.6. The van der Waals surface area contributed by atoms with Crippen LogP contribution in [0.25, 0.3) is 11.1 Å². The van der Waals surface area contributed by atoms with E-state index >= 15 is 0 Å². The van der Waals surface area contributed by atoms with Crippen molar-refractivity contribution in [2.24, 2.45) is 0 Å². The Morgan fingerprint density at radius 2 is 2.08 bits per heavy atom. The number of carbonyl (C=O) groups excluding carboxylic acids is 1. The highest BCUT2D eigenvalue weighted by Crippen LogP contribution is 2.44. The minimum atomic E-state index is -1.49. The van der Waals surface area contributed by atoms with Gasteiger partial charge in [0.15, 0.2) is 12.2 Å². The summed E-state index contributed by atoms with van der Waals surface area (Å²) in [5.74, 6) is -0.407. The highest BCUT2D eigenvalue weighted by Gasteiger charge is 2.36. The first-order valence-corrected chi connectivity index (χ1v) is 7.42. The molecule has 1 heterocycles. The second-order valence-corrected chi connectivity index (χ2v) is 5.26. The predicted molar refractivity (Wildman–Crippen MR) is 84.5 cm³/mol. The van der Waals surface area contributed by atoms with Crippen LogP contribution in [0.1, 0.15) is 18.6 Å². The molecule has 2 atom stereocenters. The number of nitro benzene ring substituents is 1. The van der Waals surface area contributed by atoms with E-state index in [4.69, 9.17) is 9.47 Å². The zero-order valence-electron chi connectivity index (χ0n) is 12.8. The van der Waals surface area contributed by atoms with Crippen molar-refractivity contribution in [1.29, 1.82) is 0 Å². The fourth-order valence-corrected chi connectivity index (χ4v) is 2.72. The smallest absolute Gasteiger partial charge is 0.339 e. The molecule has 0 saturated carbocycles. The number of esters is 1. The van der Waals surface area contributed by atoms with Gasteiger partial charge >= 0.3 is 5.97 Å². The molecule has 7 nitrogen and oxygen atoms in total. The first-order chi connectivity index (χ1) is 11.5. The first kappa shape index (κ1) is 15.9. The van der Waals surface area contributed by atoms with Crippen LogP contribution < -0.4 is 4.74 Å². The monoisotopic (exact) mass is 329 g/mol. The van der Waals surface area contributed by atoms with Crippen molar-refractivity contribution in [2.75, 3.05) is 6.61 Å². The van der Waals surface area contributed by atoms with Gasteiger partial charge in [0.05, 0.1) is 11.5 Å². The van der Waals surface area contributed by atoms with Gasteiger partial charge in [0.25, 0.3) is 5.69 Å². The third-order valence-corrected chi connectivity index (χ3v) is 3.80. The number of carbonyl (C=O) groups is 1. The molecule has 0 amide bonds. The number of benzene rings is 2. The average Bonchev–Trinajstić information content (AvgIpc) is 2.60. The SMILES string of the molecule is CCOC(=O)C(O)C1Oc2ccc([N+](=O)[O-])cc2-c2ccccc21. The quantitative estimate of drug-likeness (QED) is 0.526. The number of ether oxygens (including phenoxy) is 2. The molecule has 124 valence electrons. The maximum Gasteiger partial charge on any atom is 0.339 e. The minimum Gasteiger partial charge on any atom is -0.482 e. The number of nitrogens with zero attached hydrogens (tertiary/aromatic N) is 1. The molecular formula is C17H15NO6. The number of aliphatic hydroxyl groups excluding tert-OH is 1. The van der Waals surface area contributed by atoms with Crippen LogP contribution in [-0.2, 0) is 9.53 Å². The Labute approximate surface area is 137 Å². The molecule has 7 heteroatoms. The van der Waals surface area contributed by atoms with Crippen LogP contribution in [0.3, 0.4) is 0 Å². The van der Waals surface area contributed by atoms with E-state index in [9.17, 15) is 20.0 Å². The second kappa shape index (κ2) is 6.29. The van der Waals surface area contributed by atoms with Gasteiger partial charge in [-0.25, -0.2) is 4.79 Å². The summed E-state index contributed by atoms with van der Waals surface area (Å²) >= 11 is 0. The van der Waals surface area contributed by atoms with Crippen LogP contribution in [0.2, 0.25) is 0 Å². The molecule has 0 bridgehead atoms. The molecule has 2 unspecified atom stereocenters. The van der Waals surface area contributed by atoms with Gasteiger partial charge < -0.3 is 14.6 Å². The standard InChI is InChI=1S/C17H15NO6/c1-2-23-17(20)15(19)16-12-6-4-3-5-11(12)13-9-10(18(21)22)7-8-14(13)24-16/h3-9,15-16,19H,2H2,1H3. The molecule has 1 aliphatic heterocycles. The van der Waals surface area contributed by atoms with Crippen molar-refractivity contribution in [3.63, 3.8) is 0 Å². The molecule has 1 N–H and O–H groups in total. The molecular weight excluding hydrogens is 314 g/mol. The average molecular weight is 329 g/mol. The molecule has 1 aliphatic rings. The Bertz CT molecular complexity index is 803. The molecule has 0 saturated heterocycles. The highest BCUT2D eigenvalue weighted by molar-refractivity contribution is 5.81. The van der Waals surface area contributed by atoms with Crippen LogP contribution in [0.15, 0.2) is 42.5 Å². The number of hydrogen-bond acceptors (Lipinski definition) is 6. The van der Waals surface area contributed by atoms with Gasteiger partial charge in [-0.3, -0.25) is 10.1 Å². The fraction of sp³-hybridized carbons (Fsp3) is 0.235. The molecule has 24 heavy (non-hydrogen) atoms. The zero-order valence-corrected chi connectivity index (χ0v) is 12.8. The van der Waals surface area contributed by atoms with Crippen molar-refractivity contribution in [3.05, 3.63) is 58.1 Å². The molecule has 0 aliphatic carbocycles. The lowest BCUT2D eigenvalue weighted by Crippen LogP contribution is -2.34. The molecule has 0 spiro atoms. The first-order valence-electron chi connectivity index (χ1n) is 7.42. The van der Waals surface area contributed by atoms with Gasteiger partial charge in [0.2, 0.25) is 0 Å². The molecule has 0 aromatic heterocycles. The largest absolute Gasteiger partial charge is 0.482 e. The van der Waals surface area contributed by atoms with E-state index in [1.165, 1.54) is 18.2 Å². The van der Waals surface area contributed by atoms with Crippen molar-refractivity contribution in [2.45, 2.75) is 19.1 Å². The lowest BCUT2D eigenvalue weighted by atomic mass is 9.90. The summed E-state index contributed by atoms with van der Waals surface area (Å²) in [6.07, 6.45) is -2.43. The lowest BCUT2D eigenvalue weighted by molar-refractivity contribution is -0.384. The van der Waals surface area contributed by atoms with Crippen molar-refractivity contribution in [1.82, 2.24) is 0 Å². The van der Waals surface area contributed by atoms with Crippen LogP contribution in [0, 0.1) is 10.1 Å². The van der Waals surface area contributed by atoms with E-state index in [0.717, 1.165) is 0 Å². The van der Waals surface area contributed by atoms with Crippen molar-refractivity contribution in [3.8, 4) is 16.9 Å².